The SMILES string of the molecule is Cc1cccc(OCC(O)CNC(=O)c2cc3ccc(C)cc3nc2C)c1. The highest BCUT2D eigenvalue weighted by atomic mass is 16.5. The Labute approximate surface area is 159 Å². The number of nitrogens with zero attached hydrogens (tertiary/aromatic N) is 1. The quantitative estimate of drug-likeness (QED) is 0.704. The van der Waals surface area contributed by atoms with Crippen molar-refractivity contribution in [3.8, 4) is 5.75 Å². The average Bonchev–Trinajstić information content (AvgIpc) is 2.64. The summed E-state index contributed by atoms with van der Waals surface area (Å²) in [6.45, 7) is 6.02. The van der Waals surface area contributed by atoms with Crippen LogP contribution in [0.25, 0.3) is 10.9 Å². The number of aliphatic hydroxyl groups is 1. The van der Waals surface area contributed by atoms with Gasteiger partial charge in [-0.3, -0.25) is 9.78 Å². The third-order valence-electron chi connectivity index (χ3n) is 4.34. The van der Waals surface area contributed by atoms with Gasteiger partial charge in [-0.2, -0.15) is 0 Å². The molecule has 3 rings (SSSR count). The minimum atomic E-state index is -0.800. The summed E-state index contributed by atoms with van der Waals surface area (Å²) in [6, 6.07) is 15.4. The maximum Gasteiger partial charge on any atom is 0.253 e. The van der Waals surface area contributed by atoms with Crippen LogP contribution in [0.1, 0.15) is 27.2 Å². The lowest BCUT2D eigenvalue weighted by molar-refractivity contribution is 0.0843. The molecule has 0 aliphatic rings. The molecule has 0 radical (unpaired) electrons. The number of aryl methyl sites for hydroxylation is 3. The fourth-order valence-electron chi connectivity index (χ4n) is 2.87. The molecule has 0 fully saturated rings. The van der Waals surface area contributed by atoms with Gasteiger partial charge in [0.1, 0.15) is 18.5 Å². The van der Waals surface area contributed by atoms with Crippen molar-refractivity contribution in [1.29, 1.82) is 0 Å². The summed E-state index contributed by atoms with van der Waals surface area (Å²) in [7, 11) is 0. The van der Waals surface area contributed by atoms with E-state index in [2.05, 4.69) is 10.3 Å². The average molecular weight is 364 g/mol. The van der Waals surface area contributed by atoms with E-state index in [0.29, 0.717) is 17.0 Å². The van der Waals surface area contributed by atoms with Crippen molar-refractivity contribution in [3.63, 3.8) is 0 Å². The molecule has 1 heterocycles. The van der Waals surface area contributed by atoms with Gasteiger partial charge < -0.3 is 15.2 Å². The Morgan fingerprint density at radius 2 is 1.89 bits per heavy atom. The van der Waals surface area contributed by atoms with Crippen LogP contribution in [0.4, 0.5) is 0 Å². The molecule has 1 amide bonds. The van der Waals surface area contributed by atoms with Gasteiger partial charge in [0.2, 0.25) is 0 Å². The van der Waals surface area contributed by atoms with Gasteiger partial charge in [-0.05, 0) is 56.2 Å². The van der Waals surface area contributed by atoms with E-state index >= 15 is 0 Å². The summed E-state index contributed by atoms with van der Waals surface area (Å²) >= 11 is 0. The molecule has 5 heteroatoms. The van der Waals surface area contributed by atoms with Crippen molar-refractivity contribution in [2.24, 2.45) is 0 Å². The number of carbonyl (C=O) groups is 1. The van der Waals surface area contributed by atoms with Gasteiger partial charge in [0.15, 0.2) is 0 Å². The molecule has 2 aromatic carbocycles. The summed E-state index contributed by atoms with van der Waals surface area (Å²) in [6.07, 6.45) is -0.800. The molecule has 0 saturated carbocycles. The maximum absolute atomic E-state index is 12.5. The Balaban J connectivity index is 1.59. The second-order valence-corrected chi connectivity index (χ2v) is 6.81. The highest BCUT2D eigenvalue weighted by Gasteiger charge is 2.14. The zero-order valence-electron chi connectivity index (χ0n) is 15.8. The molecule has 0 aliphatic carbocycles. The zero-order chi connectivity index (χ0) is 19.4. The van der Waals surface area contributed by atoms with Crippen molar-refractivity contribution in [2.75, 3.05) is 13.2 Å². The van der Waals surface area contributed by atoms with Gasteiger partial charge in [-0.15, -0.1) is 0 Å². The summed E-state index contributed by atoms with van der Waals surface area (Å²) < 4.78 is 5.57. The number of hydrogen-bond donors (Lipinski definition) is 2. The molecular formula is C22H24N2O3. The second-order valence-electron chi connectivity index (χ2n) is 6.81. The largest absolute Gasteiger partial charge is 0.491 e. The van der Waals surface area contributed by atoms with Gasteiger partial charge >= 0.3 is 0 Å². The molecule has 2 N–H and O–H groups in total. The summed E-state index contributed by atoms with van der Waals surface area (Å²) in [4.78, 5) is 17.0. The first-order valence-corrected chi connectivity index (χ1v) is 8.96. The van der Waals surface area contributed by atoms with E-state index in [1.807, 2.05) is 69.3 Å². The zero-order valence-corrected chi connectivity index (χ0v) is 15.8. The fourth-order valence-corrected chi connectivity index (χ4v) is 2.87. The Kier molecular flexibility index (Phi) is 5.72. The Hall–Kier alpha value is -2.92. The van der Waals surface area contributed by atoms with Crippen molar-refractivity contribution >= 4 is 16.8 Å². The smallest absolute Gasteiger partial charge is 0.253 e. The Morgan fingerprint density at radius 3 is 2.67 bits per heavy atom. The number of amides is 1. The lowest BCUT2D eigenvalue weighted by Gasteiger charge is -2.14. The third-order valence-corrected chi connectivity index (χ3v) is 4.34. The van der Waals surface area contributed by atoms with Crippen LogP contribution >= 0.6 is 0 Å². The van der Waals surface area contributed by atoms with E-state index in [0.717, 1.165) is 22.0 Å². The molecule has 1 atom stereocenters. The second kappa shape index (κ2) is 8.18. The van der Waals surface area contributed by atoms with Gasteiger partial charge in [0.05, 0.1) is 16.8 Å². The van der Waals surface area contributed by atoms with Gasteiger partial charge in [-0.1, -0.05) is 24.3 Å². The number of aromatic nitrogens is 1. The van der Waals surface area contributed by atoms with Gasteiger partial charge in [0.25, 0.3) is 5.91 Å². The first kappa shape index (κ1) is 18.9. The van der Waals surface area contributed by atoms with Crippen molar-refractivity contribution in [3.05, 3.63) is 70.9 Å². The molecule has 1 unspecified atom stereocenters. The number of fused-ring (bicyclic) bond motifs is 1. The minimum absolute atomic E-state index is 0.107. The van der Waals surface area contributed by atoms with Crippen LogP contribution in [0, 0.1) is 20.8 Å². The molecule has 1 aromatic heterocycles. The highest BCUT2D eigenvalue weighted by Crippen LogP contribution is 2.18. The predicted octanol–water partition coefficient (Wildman–Crippen LogP) is 3.33. The van der Waals surface area contributed by atoms with Crippen LogP contribution in [0.3, 0.4) is 0 Å². The lowest BCUT2D eigenvalue weighted by atomic mass is 10.1. The molecule has 0 saturated heterocycles. The van der Waals surface area contributed by atoms with Crippen LogP contribution in [-0.4, -0.2) is 35.3 Å². The number of ether oxygens (including phenoxy) is 1. The van der Waals surface area contributed by atoms with E-state index in [-0.39, 0.29) is 19.1 Å². The van der Waals surface area contributed by atoms with E-state index in [9.17, 15) is 9.90 Å². The number of hydrogen-bond acceptors (Lipinski definition) is 4. The van der Waals surface area contributed by atoms with Crippen LogP contribution in [0.15, 0.2) is 48.5 Å². The topological polar surface area (TPSA) is 71.5 Å². The van der Waals surface area contributed by atoms with E-state index in [1.54, 1.807) is 0 Å². The van der Waals surface area contributed by atoms with Crippen LogP contribution in [0.5, 0.6) is 5.75 Å². The number of nitrogens with one attached hydrogen (secondary N) is 1. The number of carbonyl (C=O) groups excluding carboxylic acids is 1. The number of rotatable bonds is 6. The van der Waals surface area contributed by atoms with Crippen molar-refractivity contribution in [2.45, 2.75) is 26.9 Å². The van der Waals surface area contributed by atoms with Crippen molar-refractivity contribution < 1.29 is 14.6 Å². The molecule has 5 nitrogen and oxygen atoms in total. The van der Waals surface area contributed by atoms with Crippen LogP contribution in [-0.2, 0) is 0 Å². The number of aliphatic hydroxyl groups excluding tert-OH is 1. The summed E-state index contributed by atoms with van der Waals surface area (Å²) in [5.41, 5.74) is 4.26. The van der Waals surface area contributed by atoms with E-state index < -0.39 is 6.10 Å². The first-order chi connectivity index (χ1) is 12.9. The molecule has 0 bridgehead atoms. The summed E-state index contributed by atoms with van der Waals surface area (Å²) in [5.74, 6) is 0.447. The highest BCUT2D eigenvalue weighted by molar-refractivity contribution is 5.98. The lowest BCUT2D eigenvalue weighted by Crippen LogP contribution is -2.35. The standard InChI is InChI=1S/C22H24N2O3/c1-14-5-4-6-19(9-14)27-13-18(25)12-23-22(26)20-11-17-8-7-15(2)10-21(17)24-16(20)3/h4-11,18,25H,12-13H2,1-3H3,(H,23,26). The molecule has 0 aliphatic heterocycles. The molecule has 27 heavy (non-hydrogen) atoms. The van der Waals surface area contributed by atoms with E-state index in [4.69, 9.17) is 4.74 Å². The third kappa shape index (κ3) is 4.83. The normalized spacial score (nSPS) is 12.0. The maximum atomic E-state index is 12.5. The molecule has 0 spiro atoms. The van der Waals surface area contributed by atoms with Gasteiger partial charge in [-0.25, -0.2) is 0 Å². The molecular weight excluding hydrogens is 340 g/mol. The number of pyridine rings is 1. The Bertz CT molecular complexity index is 969. The van der Waals surface area contributed by atoms with Crippen LogP contribution < -0.4 is 10.1 Å². The monoisotopic (exact) mass is 364 g/mol. The first-order valence-electron chi connectivity index (χ1n) is 8.96. The number of benzene rings is 2. The predicted molar refractivity (Wildman–Crippen MR) is 106 cm³/mol. The minimum Gasteiger partial charge on any atom is -0.491 e. The van der Waals surface area contributed by atoms with Crippen LogP contribution in [0.2, 0.25) is 0 Å². The van der Waals surface area contributed by atoms with Gasteiger partial charge in [0, 0.05) is 11.9 Å². The molecule has 3 aromatic rings. The Morgan fingerprint density at radius 1 is 1.11 bits per heavy atom. The van der Waals surface area contributed by atoms with E-state index in [1.165, 1.54) is 0 Å². The fraction of sp³-hybridized carbons (Fsp3) is 0.273. The van der Waals surface area contributed by atoms with Crippen molar-refractivity contribution in [1.82, 2.24) is 10.3 Å². The molecule has 140 valence electrons. The summed E-state index contributed by atoms with van der Waals surface area (Å²) in [5, 5.41) is 13.8.